The van der Waals surface area contributed by atoms with Gasteiger partial charge < -0.3 is 11.5 Å². The number of nitrogens with two attached hydrogens (primary N) is 2. The molecule has 0 aromatic heterocycles. The van der Waals surface area contributed by atoms with Crippen LogP contribution in [0.2, 0.25) is 0 Å². The Labute approximate surface area is 84.1 Å². The van der Waals surface area contributed by atoms with Gasteiger partial charge in [-0.05, 0) is 30.2 Å². The van der Waals surface area contributed by atoms with E-state index in [4.69, 9.17) is 11.5 Å². The SMILES string of the molecule is CCCCC(N)c1cc(F)ccc1N. The third-order valence-corrected chi connectivity index (χ3v) is 2.32. The van der Waals surface area contributed by atoms with Gasteiger partial charge in [-0.1, -0.05) is 19.8 Å². The first-order valence-electron chi connectivity index (χ1n) is 4.95. The zero-order valence-electron chi connectivity index (χ0n) is 8.46. The summed E-state index contributed by atoms with van der Waals surface area (Å²) >= 11 is 0. The zero-order valence-corrected chi connectivity index (χ0v) is 8.46. The van der Waals surface area contributed by atoms with Crippen molar-refractivity contribution in [1.82, 2.24) is 0 Å². The van der Waals surface area contributed by atoms with Gasteiger partial charge in [-0.3, -0.25) is 0 Å². The molecule has 1 atom stereocenters. The van der Waals surface area contributed by atoms with Gasteiger partial charge in [0, 0.05) is 11.7 Å². The molecule has 0 saturated heterocycles. The van der Waals surface area contributed by atoms with Gasteiger partial charge in [0.25, 0.3) is 0 Å². The number of hydrogen-bond donors (Lipinski definition) is 2. The molecule has 1 aromatic rings. The van der Waals surface area contributed by atoms with Gasteiger partial charge in [-0.15, -0.1) is 0 Å². The van der Waals surface area contributed by atoms with Crippen LogP contribution >= 0.6 is 0 Å². The number of hydrogen-bond acceptors (Lipinski definition) is 2. The molecule has 0 heterocycles. The monoisotopic (exact) mass is 196 g/mol. The van der Waals surface area contributed by atoms with E-state index in [-0.39, 0.29) is 11.9 Å². The van der Waals surface area contributed by atoms with E-state index in [9.17, 15) is 4.39 Å². The van der Waals surface area contributed by atoms with Crippen LogP contribution in [0.15, 0.2) is 18.2 Å². The lowest BCUT2D eigenvalue weighted by molar-refractivity contribution is 0.590. The first-order valence-corrected chi connectivity index (χ1v) is 4.95. The second kappa shape index (κ2) is 4.96. The van der Waals surface area contributed by atoms with Crippen LogP contribution in [0.25, 0.3) is 0 Å². The highest BCUT2D eigenvalue weighted by atomic mass is 19.1. The Hall–Kier alpha value is -1.09. The average molecular weight is 196 g/mol. The minimum Gasteiger partial charge on any atom is -0.398 e. The van der Waals surface area contributed by atoms with Crippen molar-refractivity contribution in [2.75, 3.05) is 5.73 Å². The van der Waals surface area contributed by atoms with E-state index in [1.807, 2.05) is 0 Å². The Kier molecular flexibility index (Phi) is 3.89. The predicted molar refractivity (Wildman–Crippen MR) is 57.3 cm³/mol. The lowest BCUT2D eigenvalue weighted by Crippen LogP contribution is -2.12. The second-order valence-electron chi connectivity index (χ2n) is 3.52. The molecule has 0 spiro atoms. The molecular weight excluding hydrogens is 179 g/mol. The van der Waals surface area contributed by atoms with Gasteiger partial charge in [-0.25, -0.2) is 4.39 Å². The van der Waals surface area contributed by atoms with Crippen LogP contribution in [0.5, 0.6) is 0 Å². The lowest BCUT2D eigenvalue weighted by atomic mass is 10.0. The maximum Gasteiger partial charge on any atom is 0.123 e. The molecule has 0 saturated carbocycles. The summed E-state index contributed by atoms with van der Waals surface area (Å²) in [6.45, 7) is 2.10. The summed E-state index contributed by atoms with van der Waals surface area (Å²) in [6, 6.07) is 4.20. The maximum absolute atomic E-state index is 12.9. The molecule has 1 aromatic carbocycles. The second-order valence-corrected chi connectivity index (χ2v) is 3.52. The van der Waals surface area contributed by atoms with Gasteiger partial charge in [0.15, 0.2) is 0 Å². The van der Waals surface area contributed by atoms with Crippen LogP contribution in [-0.2, 0) is 0 Å². The molecule has 2 nitrogen and oxygen atoms in total. The zero-order chi connectivity index (χ0) is 10.6. The molecule has 0 aliphatic rings. The van der Waals surface area contributed by atoms with Gasteiger partial charge in [0.2, 0.25) is 0 Å². The molecule has 0 radical (unpaired) electrons. The van der Waals surface area contributed by atoms with E-state index in [0.717, 1.165) is 24.8 Å². The molecule has 3 heteroatoms. The molecule has 14 heavy (non-hydrogen) atoms. The predicted octanol–water partition coefficient (Wildman–Crippen LogP) is 2.60. The van der Waals surface area contributed by atoms with Crippen LogP contribution in [0, 0.1) is 5.82 Å². The third-order valence-electron chi connectivity index (χ3n) is 2.32. The Morgan fingerprint density at radius 1 is 1.43 bits per heavy atom. The van der Waals surface area contributed by atoms with Crippen LogP contribution in [0.1, 0.15) is 37.8 Å². The van der Waals surface area contributed by atoms with Gasteiger partial charge in [-0.2, -0.15) is 0 Å². The van der Waals surface area contributed by atoms with Crippen molar-refractivity contribution in [3.63, 3.8) is 0 Å². The van der Waals surface area contributed by atoms with E-state index in [1.54, 1.807) is 6.07 Å². The normalized spacial score (nSPS) is 12.8. The average Bonchev–Trinajstić information content (AvgIpc) is 2.18. The van der Waals surface area contributed by atoms with E-state index in [0.29, 0.717) is 5.69 Å². The van der Waals surface area contributed by atoms with E-state index in [1.165, 1.54) is 12.1 Å². The summed E-state index contributed by atoms with van der Waals surface area (Å²) in [5.41, 5.74) is 12.9. The minimum absolute atomic E-state index is 0.148. The molecule has 0 bridgehead atoms. The fraction of sp³-hybridized carbons (Fsp3) is 0.455. The number of halogens is 1. The van der Waals surface area contributed by atoms with E-state index >= 15 is 0 Å². The smallest absolute Gasteiger partial charge is 0.123 e. The number of unbranched alkanes of at least 4 members (excludes halogenated alkanes) is 1. The Morgan fingerprint density at radius 3 is 2.79 bits per heavy atom. The van der Waals surface area contributed by atoms with Crippen LogP contribution in [0.3, 0.4) is 0 Å². The molecule has 1 rings (SSSR count). The van der Waals surface area contributed by atoms with Crippen molar-refractivity contribution in [2.45, 2.75) is 32.2 Å². The summed E-state index contributed by atoms with van der Waals surface area (Å²) in [4.78, 5) is 0. The van der Waals surface area contributed by atoms with Gasteiger partial charge >= 0.3 is 0 Å². The largest absolute Gasteiger partial charge is 0.398 e. The van der Waals surface area contributed by atoms with E-state index < -0.39 is 0 Å². The fourth-order valence-corrected chi connectivity index (χ4v) is 1.45. The number of benzene rings is 1. The van der Waals surface area contributed by atoms with Crippen molar-refractivity contribution in [3.8, 4) is 0 Å². The molecule has 0 fully saturated rings. The standard InChI is InChI=1S/C11H17FN2/c1-2-3-4-10(13)9-7-8(12)5-6-11(9)14/h5-7,10H,2-4,13-14H2,1H3. The molecule has 0 aliphatic heterocycles. The van der Waals surface area contributed by atoms with Crippen molar-refractivity contribution in [1.29, 1.82) is 0 Å². The summed E-state index contributed by atoms with van der Waals surface area (Å²) in [5, 5.41) is 0. The molecular formula is C11H17FN2. The van der Waals surface area contributed by atoms with E-state index in [2.05, 4.69) is 6.92 Å². The molecule has 0 amide bonds. The lowest BCUT2D eigenvalue weighted by Gasteiger charge is -2.13. The van der Waals surface area contributed by atoms with Crippen molar-refractivity contribution >= 4 is 5.69 Å². The van der Waals surface area contributed by atoms with Crippen molar-refractivity contribution in [3.05, 3.63) is 29.6 Å². The Bertz CT molecular complexity index is 299. The Balaban J connectivity index is 2.77. The summed E-state index contributed by atoms with van der Waals surface area (Å²) in [6.07, 6.45) is 2.98. The summed E-state index contributed by atoms with van der Waals surface area (Å²) < 4.78 is 12.9. The summed E-state index contributed by atoms with van der Waals surface area (Å²) in [5.74, 6) is -0.277. The molecule has 0 aliphatic carbocycles. The molecule has 1 unspecified atom stereocenters. The fourth-order valence-electron chi connectivity index (χ4n) is 1.45. The minimum atomic E-state index is -0.277. The Morgan fingerprint density at radius 2 is 2.14 bits per heavy atom. The summed E-state index contributed by atoms with van der Waals surface area (Å²) in [7, 11) is 0. The maximum atomic E-state index is 12.9. The van der Waals surface area contributed by atoms with Crippen LogP contribution in [0.4, 0.5) is 10.1 Å². The van der Waals surface area contributed by atoms with Crippen LogP contribution in [-0.4, -0.2) is 0 Å². The number of nitrogen functional groups attached to an aromatic ring is 1. The third kappa shape index (κ3) is 2.70. The highest BCUT2D eigenvalue weighted by Gasteiger charge is 2.09. The first-order chi connectivity index (χ1) is 6.65. The van der Waals surface area contributed by atoms with Gasteiger partial charge in [0.1, 0.15) is 5.82 Å². The topological polar surface area (TPSA) is 52.0 Å². The molecule has 78 valence electrons. The quantitative estimate of drug-likeness (QED) is 0.727. The van der Waals surface area contributed by atoms with Crippen LogP contribution < -0.4 is 11.5 Å². The van der Waals surface area contributed by atoms with Crippen molar-refractivity contribution in [2.24, 2.45) is 5.73 Å². The highest BCUT2D eigenvalue weighted by Crippen LogP contribution is 2.23. The first kappa shape index (κ1) is 11.0. The van der Waals surface area contributed by atoms with Gasteiger partial charge in [0.05, 0.1) is 0 Å². The van der Waals surface area contributed by atoms with Crippen molar-refractivity contribution < 1.29 is 4.39 Å². The number of anilines is 1. The number of rotatable bonds is 4. The highest BCUT2D eigenvalue weighted by molar-refractivity contribution is 5.48. The molecule has 4 N–H and O–H groups in total.